The van der Waals surface area contributed by atoms with Gasteiger partial charge < -0.3 is 19.7 Å². The summed E-state index contributed by atoms with van der Waals surface area (Å²) >= 11 is 0. The van der Waals surface area contributed by atoms with Gasteiger partial charge in [0.25, 0.3) is 5.91 Å². The van der Waals surface area contributed by atoms with Crippen LogP contribution in [0.15, 0.2) is 48.5 Å². The van der Waals surface area contributed by atoms with Gasteiger partial charge >= 0.3 is 0 Å². The predicted octanol–water partition coefficient (Wildman–Crippen LogP) is 3.43. The van der Waals surface area contributed by atoms with Crippen molar-refractivity contribution in [3.63, 3.8) is 0 Å². The molecule has 2 aromatic rings. The third kappa shape index (κ3) is 5.35. The molecular formula is C23H28N2O4. The molecular weight excluding hydrogens is 368 g/mol. The van der Waals surface area contributed by atoms with Gasteiger partial charge in [-0.15, -0.1) is 0 Å². The van der Waals surface area contributed by atoms with Crippen LogP contribution < -0.4 is 15.0 Å². The van der Waals surface area contributed by atoms with Gasteiger partial charge in [0.1, 0.15) is 5.75 Å². The Morgan fingerprint density at radius 1 is 1.14 bits per heavy atom. The third-order valence-corrected chi connectivity index (χ3v) is 4.80. The van der Waals surface area contributed by atoms with Crippen molar-refractivity contribution in [3.8, 4) is 5.75 Å². The lowest BCUT2D eigenvalue weighted by Gasteiger charge is -2.32. The number of carbonyl (C=O) groups excluding carboxylic acids is 2. The van der Waals surface area contributed by atoms with Gasteiger partial charge in [-0.05, 0) is 44.0 Å². The number of rotatable bonds is 8. The lowest BCUT2D eigenvalue weighted by Crippen LogP contribution is -2.45. The molecule has 0 spiro atoms. The van der Waals surface area contributed by atoms with E-state index in [1.165, 1.54) is 0 Å². The Labute approximate surface area is 171 Å². The van der Waals surface area contributed by atoms with Crippen molar-refractivity contribution in [2.45, 2.75) is 52.6 Å². The monoisotopic (exact) mass is 396 g/mol. The molecule has 2 aromatic carbocycles. The van der Waals surface area contributed by atoms with Crippen LogP contribution in [0.5, 0.6) is 5.75 Å². The number of amides is 2. The minimum atomic E-state index is -0.555. The molecule has 1 aliphatic heterocycles. The maximum Gasteiger partial charge on any atom is 0.267 e. The van der Waals surface area contributed by atoms with Crippen LogP contribution in [-0.2, 0) is 27.5 Å². The van der Waals surface area contributed by atoms with Gasteiger partial charge in [-0.25, -0.2) is 0 Å². The maximum absolute atomic E-state index is 12.5. The van der Waals surface area contributed by atoms with Gasteiger partial charge in [0, 0.05) is 19.5 Å². The Bertz CT molecular complexity index is 865. The van der Waals surface area contributed by atoms with Crippen molar-refractivity contribution < 1.29 is 19.1 Å². The van der Waals surface area contributed by atoms with Crippen molar-refractivity contribution >= 4 is 17.5 Å². The van der Waals surface area contributed by atoms with Crippen molar-refractivity contribution in [3.05, 3.63) is 59.7 Å². The Balaban J connectivity index is 1.57. The van der Waals surface area contributed by atoms with E-state index in [1.54, 1.807) is 11.8 Å². The largest absolute Gasteiger partial charge is 0.479 e. The normalized spacial score (nSPS) is 15.8. The summed E-state index contributed by atoms with van der Waals surface area (Å²) in [5.41, 5.74) is 2.80. The number of benzene rings is 2. The molecule has 3 rings (SSSR count). The van der Waals surface area contributed by atoms with Crippen LogP contribution in [0.25, 0.3) is 0 Å². The molecule has 0 saturated heterocycles. The second kappa shape index (κ2) is 9.56. The molecule has 0 saturated carbocycles. The summed E-state index contributed by atoms with van der Waals surface area (Å²) in [6.07, 6.45) is -0.188. The number of hydrogen-bond acceptors (Lipinski definition) is 4. The fourth-order valence-corrected chi connectivity index (χ4v) is 3.21. The number of hydrogen-bond donors (Lipinski definition) is 1. The van der Waals surface area contributed by atoms with E-state index in [9.17, 15) is 9.59 Å². The highest BCUT2D eigenvalue weighted by Crippen LogP contribution is 2.33. The average molecular weight is 396 g/mol. The fraction of sp³-hybridized carbons (Fsp3) is 0.391. The van der Waals surface area contributed by atoms with E-state index < -0.39 is 6.10 Å². The molecule has 1 atom stereocenters. The van der Waals surface area contributed by atoms with E-state index in [0.717, 1.165) is 11.1 Å². The Morgan fingerprint density at radius 2 is 1.83 bits per heavy atom. The second-order valence-electron chi connectivity index (χ2n) is 7.37. The van der Waals surface area contributed by atoms with Crippen LogP contribution in [0.2, 0.25) is 0 Å². The summed E-state index contributed by atoms with van der Waals surface area (Å²) in [6, 6.07) is 15.3. The first-order valence-electron chi connectivity index (χ1n) is 9.98. The van der Waals surface area contributed by atoms with E-state index in [-0.39, 0.29) is 24.3 Å². The molecule has 0 fully saturated rings. The van der Waals surface area contributed by atoms with E-state index in [0.29, 0.717) is 31.1 Å². The SMILES string of the molecule is CC(C)OCc1ccccc1CNC(=O)CCN1C(=O)C(C)Oc2ccccc21. The van der Waals surface area contributed by atoms with E-state index in [4.69, 9.17) is 9.47 Å². The van der Waals surface area contributed by atoms with Crippen molar-refractivity contribution in [1.29, 1.82) is 0 Å². The molecule has 0 aromatic heterocycles. The van der Waals surface area contributed by atoms with Gasteiger partial charge in [-0.3, -0.25) is 9.59 Å². The number of fused-ring (bicyclic) bond motifs is 1. The Kier molecular flexibility index (Phi) is 6.88. The van der Waals surface area contributed by atoms with Crippen LogP contribution in [-0.4, -0.2) is 30.6 Å². The quantitative estimate of drug-likeness (QED) is 0.742. The summed E-state index contributed by atoms with van der Waals surface area (Å²) in [4.78, 5) is 26.6. The molecule has 2 amide bonds. The Hall–Kier alpha value is -2.86. The number of nitrogens with one attached hydrogen (secondary N) is 1. The molecule has 1 N–H and O–H groups in total. The predicted molar refractivity (Wildman–Crippen MR) is 112 cm³/mol. The standard InChI is InChI=1S/C23H28N2O4/c1-16(2)28-15-19-9-5-4-8-18(19)14-24-22(26)12-13-25-20-10-6-7-11-21(20)29-17(3)23(25)27/h4-11,16-17H,12-15H2,1-3H3,(H,24,26). The first-order chi connectivity index (χ1) is 14.0. The minimum absolute atomic E-state index is 0.103. The zero-order valence-corrected chi connectivity index (χ0v) is 17.2. The van der Waals surface area contributed by atoms with Crippen molar-refractivity contribution in [2.75, 3.05) is 11.4 Å². The van der Waals surface area contributed by atoms with Crippen molar-refractivity contribution in [1.82, 2.24) is 5.32 Å². The molecule has 0 bridgehead atoms. The number of nitrogens with zero attached hydrogens (tertiary/aromatic N) is 1. The first kappa shape index (κ1) is 20.9. The lowest BCUT2D eigenvalue weighted by atomic mass is 10.1. The average Bonchev–Trinajstić information content (AvgIpc) is 2.71. The number of carbonyl (C=O) groups is 2. The van der Waals surface area contributed by atoms with Crippen LogP contribution in [0.4, 0.5) is 5.69 Å². The van der Waals surface area contributed by atoms with E-state index in [1.807, 2.05) is 62.4 Å². The van der Waals surface area contributed by atoms with Gasteiger partial charge in [0.2, 0.25) is 5.91 Å². The molecule has 0 aliphatic carbocycles. The highest BCUT2D eigenvalue weighted by Gasteiger charge is 2.31. The van der Waals surface area contributed by atoms with Crippen LogP contribution in [0, 0.1) is 0 Å². The van der Waals surface area contributed by atoms with Crippen LogP contribution >= 0.6 is 0 Å². The van der Waals surface area contributed by atoms with Gasteiger partial charge in [0.05, 0.1) is 18.4 Å². The topological polar surface area (TPSA) is 67.9 Å². The molecule has 1 aliphatic rings. The summed E-state index contributed by atoms with van der Waals surface area (Å²) < 4.78 is 11.3. The minimum Gasteiger partial charge on any atom is -0.479 e. The molecule has 1 heterocycles. The lowest BCUT2D eigenvalue weighted by molar-refractivity contribution is -0.125. The smallest absolute Gasteiger partial charge is 0.267 e. The molecule has 154 valence electrons. The maximum atomic E-state index is 12.5. The summed E-state index contributed by atoms with van der Waals surface area (Å²) in [5.74, 6) is 0.431. The van der Waals surface area contributed by atoms with Gasteiger partial charge in [0.15, 0.2) is 6.10 Å². The summed E-state index contributed by atoms with van der Waals surface area (Å²) in [7, 11) is 0. The summed E-state index contributed by atoms with van der Waals surface area (Å²) in [6.45, 7) is 6.98. The van der Waals surface area contributed by atoms with Crippen LogP contribution in [0.1, 0.15) is 38.3 Å². The Morgan fingerprint density at radius 3 is 2.59 bits per heavy atom. The molecule has 0 radical (unpaired) electrons. The van der Waals surface area contributed by atoms with Crippen molar-refractivity contribution in [2.24, 2.45) is 0 Å². The van der Waals surface area contributed by atoms with Gasteiger partial charge in [-0.1, -0.05) is 36.4 Å². The third-order valence-electron chi connectivity index (χ3n) is 4.80. The molecule has 1 unspecified atom stereocenters. The zero-order chi connectivity index (χ0) is 20.8. The summed E-state index contributed by atoms with van der Waals surface area (Å²) in [5, 5.41) is 2.95. The van der Waals surface area contributed by atoms with Crippen LogP contribution in [0.3, 0.4) is 0 Å². The highest BCUT2D eigenvalue weighted by atomic mass is 16.5. The zero-order valence-electron chi connectivity index (χ0n) is 17.2. The number of anilines is 1. The number of ether oxygens (including phenoxy) is 2. The number of para-hydroxylation sites is 2. The van der Waals surface area contributed by atoms with E-state index in [2.05, 4.69) is 5.32 Å². The van der Waals surface area contributed by atoms with E-state index >= 15 is 0 Å². The molecule has 6 heteroatoms. The molecule has 29 heavy (non-hydrogen) atoms. The van der Waals surface area contributed by atoms with Gasteiger partial charge in [-0.2, -0.15) is 0 Å². The fourth-order valence-electron chi connectivity index (χ4n) is 3.21. The first-order valence-corrected chi connectivity index (χ1v) is 9.98. The molecule has 6 nitrogen and oxygen atoms in total. The second-order valence-corrected chi connectivity index (χ2v) is 7.37. The highest BCUT2D eigenvalue weighted by molar-refractivity contribution is 6.00.